The second-order valence-corrected chi connectivity index (χ2v) is 6.11. The lowest BCUT2D eigenvalue weighted by Gasteiger charge is -2.13. The number of amides is 1. The zero-order valence-corrected chi connectivity index (χ0v) is 14.1. The molecule has 10 heteroatoms. The minimum absolute atomic E-state index is 0.135. The molecule has 3 aromatic rings. The van der Waals surface area contributed by atoms with E-state index >= 15 is 0 Å². The molecule has 0 saturated heterocycles. The van der Waals surface area contributed by atoms with Gasteiger partial charge in [0.05, 0.1) is 11.8 Å². The lowest BCUT2D eigenvalue weighted by molar-refractivity contribution is -0.119. The van der Waals surface area contributed by atoms with Crippen LogP contribution in [0.3, 0.4) is 0 Å². The SMILES string of the molecule is CC(NC(=O)CSc1nnc(Cn2cncn2)o1)c1ccc(F)cc1. The number of carbonyl (C=O) groups excluding carboxylic acids is 1. The lowest BCUT2D eigenvalue weighted by Crippen LogP contribution is -2.28. The molecule has 130 valence electrons. The molecule has 0 aliphatic carbocycles. The van der Waals surface area contributed by atoms with Crippen LogP contribution in [0.1, 0.15) is 24.4 Å². The quantitative estimate of drug-likeness (QED) is 0.640. The van der Waals surface area contributed by atoms with Gasteiger partial charge in [0.1, 0.15) is 25.0 Å². The van der Waals surface area contributed by atoms with Gasteiger partial charge in [-0.2, -0.15) is 5.10 Å². The molecule has 25 heavy (non-hydrogen) atoms. The summed E-state index contributed by atoms with van der Waals surface area (Å²) in [7, 11) is 0. The third-order valence-corrected chi connectivity index (χ3v) is 4.10. The van der Waals surface area contributed by atoms with Crippen molar-refractivity contribution in [2.75, 3.05) is 5.75 Å². The van der Waals surface area contributed by atoms with Crippen LogP contribution in [0, 0.1) is 5.82 Å². The van der Waals surface area contributed by atoms with Crippen molar-refractivity contribution >= 4 is 17.7 Å². The zero-order valence-electron chi connectivity index (χ0n) is 13.3. The van der Waals surface area contributed by atoms with Crippen LogP contribution in [0.25, 0.3) is 0 Å². The Hall–Kier alpha value is -2.75. The molecule has 8 nitrogen and oxygen atoms in total. The maximum Gasteiger partial charge on any atom is 0.277 e. The number of thioether (sulfide) groups is 1. The standard InChI is InChI=1S/C15H15FN6O2S/c1-10(11-2-4-12(16)5-3-11)19-13(23)7-25-15-21-20-14(24-15)6-22-9-17-8-18-22/h2-5,8-10H,6-7H2,1H3,(H,19,23). The molecule has 0 fully saturated rings. The van der Waals surface area contributed by atoms with E-state index in [1.54, 1.807) is 23.1 Å². The largest absolute Gasteiger partial charge is 0.414 e. The van der Waals surface area contributed by atoms with Gasteiger partial charge >= 0.3 is 0 Å². The van der Waals surface area contributed by atoms with Crippen LogP contribution in [0.2, 0.25) is 0 Å². The average molecular weight is 362 g/mol. The third-order valence-electron chi connectivity index (χ3n) is 3.29. The number of benzene rings is 1. The molecule has 0 radical (unpaired) electrons. The Balaban J connectivity index is 1.47. The zero-order chi connectivity index (χ0) is 17.6. The Kier molecular flexibility index (Phi) is 5.39. The molecule has 0 aliphatic rings. The highest BCUT2D eigenvalue weighted by Gasteiger charge is 2.13. The van der Waals surface area contributed by atoms with Crippen LogP contribution in [0.15, 0.2) is 46.6 Å². The fraction of sp³-hybridized carbons (Fsp3) is 0.267. The first-order valence-electron chi connectivity index (χ1n) is 7.42. The van der Waals surface area contributed by atoms with Gasteiger partial charge in [0.25, 0.3) is 5.22 Å². The van der Waals surface area contributed by atoms with E-state index in [1.165, 1.54) is 18.5 Å². The molecule has 1 unspecified atom stereocenters. The molecule has 3 rings (SSSR count). The molecular formula is C15H15FN6O2S. The van der Waals surface area contributed by atoms with E-state index in [0.29, 0.717) is 17.7 Å². The molecule has 1 amide bonds. The number of hydrogen-bond acceptors (Lipinski definition) is 7. The Morgan fingerprint density at radius 3 is 2.88 bits per heavy atom. The van der Waals surface area contributed by atoms with Crippen molar-refractivity contribution in [1.29, 1.82) is 0 Å². The highest BCUT2D eigenvalue weighted by atomic mass is 32.2. The first-order chi connectivity index (χ1) is 12.1. The summed E-state index contributed by atoms with van der Waals surface area (Å²) in [6, 6.07) is 5.78. The Labute approximate surface area is 146 Å². The molecule has 0 aliphatic heterocycles. The average Bonchev–Trinajstić information content (AvgIpc) is 3.26. The summed E-state index contributed by atoms with van der Waals surface area (Å²) in [5.41, 5.74) is 0.827. The van der Waals surface area contributed by atoms with Crippen molar-refractivity contribution in [2.24, 2.45) is 0 Å². The Morgan fingerprint density at radius 1 is 1.36 bits per heavy atom. The first kappa shape index (κ1) is 17.1. The second-order valence-electron chi connectivity index (χ2n) is 5.18. The fourth-order valence-electron chi connectivity index (χ4n) is 2.06. The number of nitrogens with zero attached hydrogens (tertiary/aromatic N) is 5. The lowest BCUT2D eigenvalue weighted by atomic mass is 10.1. The highest BCUT2D eigenvalue weighted by molar-refractivity contribution is 7.99. The molecule has 1 aromatic carbocycles. The van der Waals surface area contributed by atoms with E-state index in [1.807, 2.05) is 6.92 Å². The van der Waals surface area contributed by atoms with E-state index < -0.39 is 0 Å². The van der Waals surface area contributed by atoms with E-state index in [9.17, 15) is 9.18 Å². The number of aromatic nitrogens is 5. The molecule has 0 spiro atoms. The summed E-state index contributed by atoms with van der Waals surface area (Å²) < 4.78 is 19.9. The minimum atomic E-state index is -0.309. The summed E-state index contributed by atoms with van der Waals surface area (Å²) >= 11 is 1.14. The van der Waals surface area contributed by atoms with E-state index in [2.05, 4.69) is 25.6 Å². The van der Waals surface area contributed by atoms with Crippen LogP contribution in [-0.4, -0.2) is 36.6 Å². The van der Waals surface area contributed by atoms with Crippen molar-refractivity contribution in [3.8, 4) is 0 Å². The van der Waals surface area contributed by atoms with E-state index in [4.69, 9.17) is 4.42 Å². The van der Waals surface area contributed by atoms with Crippen molar-refractivity contribution in [3.05, 3.63) is 54.2 Å². The van der Waals surface area contributed by atoms with Gasteiger partial charge in [-0.1, -0.05) is 23.9 Å². The van der Waals surface area contributed by atoms with Gasteiger partial charge in [-0.25, -0.2) is 14.1 Å². The highest BCUT2D eigenvalue weighted by Crippen LogP contribution is 2.17. The molecule has 0 saturated carbocycles. The van der Waals surface area contributed by atoms with Crippen LogP contribution in [0.4, 0.5) is 4.39 Å². The summed E-state index contributed by atoms with van der Waals surface area (Å²) in [4.78, 5) is 15.8. The predicted octanol–water partition coefficient (Wildman–Crippen LogP) is 1.82. The molecular weight excluding hydrogens is 347 g/mol. The summed E-state index contributed by atoms with van der Waals surface area (Å²) in [5.74, 6) is 0.0260. The van der Waals surface area contributed by atoms with Gasteiger partial charge in [0.2, 0.25) is 11.8 Å². The van der Waals surface area contributed by atoms with Gasteiger partial charge in [-0.3, -0.25) is 4.79 Å². The predicted molar refractivity (Wildman–Crippen MR) is 87.1 cm³/mol. The number of rotatable bonds is 7. The number of hydrogen-bond donors (Lipinski definition) is 1. The van der Waals surface area contributed by atoms with Crippen molar-refractivity contribution in [2.45, 2.75) is 24.7 Å². The number of nitrogens with one attached hydrogen (secondary N) is 1. The summed E-state index contributed by atoms with van der Waals surface area (Å²) in [6.07, 6.45) is 2.96. The first-order valence-corrected chi connectivity index (χ1v) is 8.41. The summed E-state index contributed by atoms with van der Waals surface area (Å²) in [6.45, 7) is 2.15. The van der Waals surface area contributed by atoms with Crippen LogP contribution in [0.5, 0.6) is 0 Å². The third kappa shape index (κ3) is 4.86. The Bertz CT molecular complexity index is 821. The van der Waals surface area contributed by atoms with Crippen molar-refractivity contribution in [3.63, 3.8) is 0 Å². The molecule has 2 heterocycles. The maximum atomic E-state index is 12.9. The topological polar surface area (TPSA) is 98.7 Å². The number of halogens is 1. The molecule has 1 N–H and O–H groups in total. The number of carbonyl (C=O) groups is 1. The summed E-state index contributed by atoms with van der Waals surface area (Å²) in [5, 5.41) is 14.9. The molecule has 2 aromatic heterocycles. The smallest absolute Gasteiger partial charge is 0.277 e. The second kappa shape index (κ2) is 7.88. The maximum absolute atomic E-state index is 12.9. The monoisotopic (exact) mass is 362 g/mol. The van der Waals surface area contributed by atoms with Crippen molar-refractivity contribution in [1.82, 2.24) is 30.3 Å². The molecule has 0 bridgehead atoms. The fourth-order valence-corrected chi connectivity index (χ4v) is 2.65. The van der Waals surface area contributed by atoms with Gasteiger partial charge in [-0.15, -0.1) is 10.2 Å². The van der Waals surface area contributed by atoms with Gasteiger partial charge in [-0.05, 0) is 24.6 Å². The van der Waals surface area contributed by atoms with Crippen LogP contribution in [-0.2, 0) is 11.3 Å². The van der Waals surface area contributed by atoms with Crippen LogP contribution >= 0.6 is 11.8 Å². The van der Waals surface area contributed by atoms with E-state index in [0.717, 1.165) is 17.3 Å². The van der Waals surface area contributed by atoms with Gasteiger partial charge in [0.15, 0.2) is 0 Å². The Morgan fingerprint density at radius 2 is 2.16 bits per heavy atom. The van der Waals surface area contributed by atoms with E-state index in [-0.39, 0.29) is 23.5 Å². The van der Waals surface area contributed by atoms with Crippen molar-refractivity contribution < 1.29 is 13.6 Å². The van der Waals surface area contributed by atoms with Crippen LogP contribution < -0.4 is 5.32 Å². The van der Waals surface area contributed by atoms with Gasteiger partial charge < -0.3 is 9.73 Å². The van der Waals surface area contributed by atoms with Gasteiger partial charge in [0, 0.05) is 0 Å². The minimum Gasteiger partial charge on any atom is -0.414 e. The normalized spacial score (nSPS) is 12.1. The molecule has 1 atom stereocenters.